The van der Waals surface area contributed by atoms with Gasteiger partial charge in [0.1, 0.15) is 12.4 Å². The van der Waals surface area contributed by atoms with E-state index >= 15 is 0 Å². The molecule has 0 spiro atoms. The Balaban J connectivity index is 2.58. The Hall–Kier alpha value is -1.42. The van der Waals surface area contributed by atoms with Crippen molar-refractivity contribution in [2.75, 3.05) is 19.5 Å². The van der Waals surface area contributed by atoms with Crippen LogP contribution < -0.4 is 4.74 Å². The average molecular weight is 238 g/mol. The van der Waals surface area contributed by atoms with Crippen LogP contribution in [0.2, 0.25) is 0 Å². The molecule has 0 fully saturated rings. The minimum Gasteiger partial charge on any atom is -0.489 e. The van der Waals surface area contributed by atoms with Gasteiger partial charge in [0.2, 0.25) is 0 Å². The molecule has 0 unspecified atom stereocenters. The van der Waals surface area contributed by atoms with Gasteiger partial charge < -0.3 is 9.47 Å². The zero-order valence-electron chi connectivity index (χ0n) is 9.10. The number of hydrogen-bond donors (Lipinski definition) is 1. The fourth-order valence-electron chi connectivity index (χ4n) is 1.04. The third kappa shape index (κ3) is 3.62. The SMILES string of the molecule is C=C(CS)COc1ccc(C(=O)OC)cc1. The van der Waals surface area contributed by atoms with Gasteiger partial charge in [-0.3, -0.25) is 0 Å². The molecule has 1 rings (SSSR count). The van der Waals surface area contributed by atoms with Gasteiger partial charge in [-0.2, -0.15) is 12.6 Å². The van der Waals surface area contributed by atoms with Gasteiger partial charge in [-0.15, -0.1) is 0 Å². The maximum atomic E-state index is 11.1. The summed E-state index contributed by atoms with van der Waals surface area (Å²) < 4.78 is 10.0. The molecule has 0 aliphatic heterocycles. The number of methoxy groups -OCH3 is 1. The molecule has 0 N–H and O–H groups in total. The zero-order chi connectivity index (χ0) is 12.0. The summed E-state index contributed by atoms with van der Waals surface area (Å²) in [5.74, 6) is 0.933. The van der Waals surface area contributed by atoms with Crippen LogP contribution >= 0.6 is 12.6 Å². The first-order valence-corrected chi connectivity index (χ1v) is 5.39. The largest absolute Gasteiger partial charge is 0.489 e. The molecule has 3 nitrogen and oxygen atoms in total. The molecule has 1 aromatic rings. The van der Waals surface area contributed by atoms with Crippen molar-refractivity contribution in [2.45, 2.75) is 0 Å². The van der Waals surface area contributed by atoms with Crippen molar-refractivity contribution in [3.05, 3.63) is 42.0 Å². The normalized spacial score (nSPS) is 9.62. The van der Waals surface area contributed by atoms with Crippen molar-refractivity contribution in [1.82, 2.24) is 0 Å². The lowest BCUT2D eigenvalue weighted by Gasteiger charge is -2.07. The van der Waals surface area contributed by atoms with Crippen LogP contribution in [0.4, 0.5) is 0 Å². The fraction of sp³-hybridized carbons (Fsp3) is 0.250. The van der Waals surface area contributed by atoms with E-state index in [1.807, 2.05) is 0 Å². The summed E-state index contributed by atoms with van der Waals surface area (Å²) in [5.41, 5.74) is 1.41. The Kier molecular flexibility index (Phi) is 4.92. The number of carbonyl (C=O) groups is 1. The van der Waals surface area contributed by atoms with Gasteiger partial charge in [0.05, 0.1) is 12.7 Å². The smallest absolute Gasteiger partial charge is 0.337 e. The first-order chi connectivity index (χ1) is 7.67. The molecule has 4 heteroatoms. The topological polar surface area (TPSA) is 35.5 Å². The van der Waals surface area contributed by atoms with Crippen LogP contribution in [-0.2, 0) is 4.74 Å². The number of carbonyl (C=O) groups excluding carboxylic acids is 1. The molecule has 0 amide bonds. The average Bonchev–Trinajstić information content (AvgIpc) is 2.35. The summed E-state index contributed by atoms with van der Waals surface area (Å²) in [6.45, 7) is 4.20. The summed E-state index contributed by atoms with van der Waals surface area (Å²) in [4.78, 5) is 11.1. The summed E-state index contributed by atoms with van der Waals surface area (Å²) in [7, 11) is 1.35. The van der Waals surface area contributed by atoms with Gasteiger partial charge in [0, 0.05) is 5.75 Å². The van der Waals surface area contributed by atoms with E-state index in [9.17, 15) is 4.79 Å². The van der Waals surface area contributed by atoms with Crippen LogP contribution in [0.5, 0.6) is 5.75 Å². The Morgan fingerprint density at radius 1 is 1.38 bits per heavy atom. The number of hydrogen-bond acceptors (Lipinski definition) is 4. The van der Waals surface area contributed by atoms with Gasteiger partial charge in [-0.25, -0.2) is 4.79 Å². The Labute approximate surface area is 100 Å². The first-order valence-electron chi connectivity index (χ1n) is 4.76. The van der Waals surface area contributed by atoms with Gasteiger partial charge >= 0.3 is 5.97 Å². The van der Waals surface area contributed by atoms with Crippen LogP contribution in [0.1, 0.15) is 10.4 Å². The number of benzene rings is 1. The van der Waals surface area contributed by atoms with E-state index in [0.29, 0.717) is 23.7 Å². The third-order valence-electron chi connectivity index (χ3n) is 1.94. The molecule has 0 saturated heterocycles. The number of ether oxygens (including phenoxy) is 2. The molecular formula is C12H14O3S. The standard InChI is InChI=1S/C12H14O3S/c1-9(8-16)7-15-11-5-3-10(4-6-11)12(13)14-2/h3-6,16H,1,7-8H2,2H3. The minimum atomic E-state index is -0.355. The predicted molar refractivity (Wildman–Crippen MR) is 66.3 cm³/mol. The van der Waals surface area contributed by atoms with Crippen LogP contribution in [0.3, 0.4) is 0 Å². The number of thiol groups is 1. The van der Waals surface area contributed by atoms with E-state index in [0.717, 1.165) is 5.57 Å². The molecule has 0 heterocycles. The molecule has 0 radical (unpaired) electrons. The maximum absolute atomic E-state index is 11.1. The molecule has 86 valence electrons. The minimum absolute atomic E-state index is 0.355. The van der Waals surface area contributed by atoms with Crippen LogP contribution in [0.15, 0.2) is 36.4 Å². The molecular weight excluding hydrogens is 224 g/mol. The van der Waals surface area contributed by atoms with E-state index in [1.165, 1.54) is 7.11 Å². The molecule has 0 aromatic heterocycles. The van der Waals surface area contributed by atoms with Gasteiger partial charge in [0.25, 0.3) is 0 Å². The van der Waals surface area contributed by atoms with Crippen LogP contribution in [-0.4, -0.2) is 25.4 Å². The highest BCUT2D eigenvalue weighted by Gasteiger charge is 2.04. The fourth-order valence-corrected chi connectivity index (χ4v) is 1.13. The van der Waals surface area contributed by atoms with Crippen molar-refractivity contribution >= 4 is 18.6 Å². The molecule has 16 heavy (non-hydrogen) atoms. The summed E-state index contributed by atoms with van der Waals surface area (Å²) in [6.07, 6.45) is 0. The van der Waals surface area contributed by atoms with E-state index < -0.39 is 0 Å². The molecule has 0 aliphatic carbocycles. The second-order valence-corrected chi connectivity index (χ2v) is 3.53. The Bertz CT molecular complexity index is 370. The molecule has 0 bridgehead atoms. The lowest BCUT2D eigenvalue weighted by Crippen LogP contribution is -2.03. The molecule has 0 saturated carbocycles. The van der Waals surface area contributed by atoms with Crippen LogP contribution in [0, 0.1) is 0 Å². The van der Waals surface area contributed by atoms with Gasteiger partial charge in [0.15, 0.2) is 0 Å². The Morgan fingerprint density at radius 3 is 2.50 bits per heavy atom. The third-order valence-corrected chi connectivity index (χ3v) is 2.39. The van der Waals surface area contributed by atoms with Gasteiger partial charge in [-0.05, 0) is 29.8 Å². The van der Waals surface area contributed by atoms with E-state index in [1.54, 1.807) is 24.3 Å². The number of esters is 1. The van der Waals surface area contributed by atoms with Gasteiger partial charge in [-0.1, -0.05) is 6.58 Å². The maximum Gasteiger partial charge on any atom is 0.337 e. The van der Waals surface area contributed by atoms with Crippen molar-refractivity contribution in [1.29, 1.82) is 0 Å². The zero-order valence-corrected chi connectivity index (χ0v) is 10.00. The van der Waals surface area contributed by atoms with Crippen molar-refractivity contribution in [3.63, 3.8) is 0 Å². The van der Waals surface area contributed by atoms with E-state index in [-0.39, 0.29) is 5.97 Å². The van der Waals surface area contributed by atoms with E-state index in [4.69, 9.17) is 4.74 Å². The monoisotopic (exact) mass is 238 g/mol. The van der Waals surface area contributed by atoms with Crippen molar-refractivity contribution < 1.29 is 14.3 Å². The predicted octanol–water partition coefficient (Wildman–Crippen LogP) is 2.34. The highest BCUT2D eigenvalue weighted by atomic mass is 32.1. The van der Waals surface area contributed by atoms with E-state index in [2.05, 4.69) is 23.9 Å². The molecule has 1 aromatic carbocycles. The highest BCUT2D eigenvalue weighted by Crippen LogP contribution is 2.13. The Morgan fingerprint density at radius 2 is 2.00 bits per heavy atom. The summed E-state index contributed by atoms with van der Waals surface area (Å²) in [5, 5.41) is 0. The lowest BCUT2D eigenvalue weighted by molar-refractivity contribution is 0.0600. The number of rotatable bonds is 5. The molecule has 0 atom stereocenters. The summed E-state index contributed by atoms with van der Waals surface area (Å²) in [6, 6.07) is 6.76. The second-order valence-electron chi connectivity index (χ2n) is 3.21. The van der Waals surface area contributed by atoms with Crippen molar-refractivity contribution in [2.24, 2.45) is 0 Å². The first kappa shape index (κ1) is 12.6. The molecule has 0 aliphatic rings. The van der Waals surface area contributed by atoms with Crippen LogP contribution in [0.25, 0.3) is 0 Å². The lowest BCUT2D eigenvalue weighted by atomic mass is 10.2. The quantitative estimate of drug-likeness (QED) is 0.486. The summed E-state index contributed by atoms with van der Waals surface area (Å²) >= 11 is 4.08. The highest BCUT2D eigenvalue weighted by molar-refractivity contribution is 7.80. The van der Waals surface area contributed by atoms with Crippen molar-refractivity contribution in [3.8, 4) is 5.75 Å². The second kappa shape index (κ2) is 6.23.